The lowest BCUT2D eigenvalue weighted by Gasteiger charge is -2.13. The molecule has 29 heavy (non-hydrogen) atoms. The zero-order chi connectivity index (χ0) is 22.0. The molecule has 0 aliphatic carbocycles. The Balaban J connectivity index is 2.04. The first kappa shape index (κ1) is 23.0. The Hall–Kier alpha value is -2.32. The highest BCUT2D eigenvalue weighted by atomic mass is 32.2. The molecule has 2 aromatic rings. The number of halogens is 3. The van der Waals surface area contributed by atoms with Crippen molar-refractivity contribution in [2.75, 3.05) is 11.2 Å². The van der Waals surface area contributed by atoms with E-state index >= 15 is 0 Å². The number of nitrogen functional groups attached to an aromatic ring is 1. The minimum atomic E-state index is -4.77. The van der Waals surface area contributed by atoms with Gasteiger partial charge in [0.1, 0.15) is 0 Å². The van der Waals surface area contributed by atoms with E-state index < -0.39 is 33.2 Å². The number of nitrogens with two attached hydrogens (primary N) is 1. The van der Waals surface area contributed by atoms with Crippen LogP contribution in [0.4, 0.5) is 18.9 Å². The number of nitrogens with zero attached hydrogens (tertiary/aromatic N) is 3. The maximum Gasteiger partial charge on any atom is 0.453 e. The van der Waals surface area contributed by atoms with Crippen LogP contribution in [0.25, 0.3) is 0 Å². The van der Waals surface area contributed by atoms with Crippen LogP contribution in [0.3, 0.4) is 0 Å². The van der Waals surface area contributed by atoms with Gasteiger partial charge in [-0.15, -0.1) is 10.2 Å². The highest BCUT2D eigenvalue weighted by Gasteiger charge is 2.38. The van der Waals surface area contributed by atoms with E-state index in [4.69, 9.17) is 5.84 Å². The predicted molar refractivity (Wildman–Crippen MR) is 101 cm³/mol. The summed E-state index contributed by atoms with van der Waals surface area (Å²) in [7, 11) is -3.67. The van der Waals surface area contributed by atoms with Crippen molar-refractivity contribution in [3.63, 3.8) is 0 Å². The number of anilines is 1. The molecule has 1 aromatic heterocycles. The fourth-order valence-corrected chi connectivity index (χ4v) is 4.12. The molecule has 1 atom stereocenters. The van der Waals surface area contributed by atoms with Gasteiger partial charge >= 0.3 is 6.18 Å². The summed E-state index contributed by atoms with van der Waals surface area (Å²) in [6.07, 6.45) is -4.77. The number of carbonyl (C=O) groups excluding carboxylic acids is 1. The Kier molecular flexibility index (Phi) is 6.80. The maximum absolute atomic E-state index is 12.7. The molecular weight excluding hydrogens is 433 g/mol. The molecule has 0 saturated heterocycles. The highest BCUT2D eigenvalue weighted by Crippen LogP contribution is 2.30. The number of carbonyl (C=O) groups is 1. The molecule has 0 spiro atoms. The number of hydrogen-bond donors (Lipinski definition) is 3. The van der Waals surface area contributed by atoms with Crippen molar-refractivity contribution in [1.82, 2.24) is 19.6 Å². The van der Waals surface area contributed by atoms with Crippen molar-refractivity contribution >= 4 is 33.4 Å². The summed E-state index contributed by atoms with van der Waals surface area (Å²) < 4.78 is 65.0. The van der Waals surface area contributed by atoms with E-state index in [0.717, 1.165) is 0 Å². The Morgan fingerprint density at radius 3 is 2.24 bits per heavy atom. The summed E-state index contributed by atoms with van der Waals surface area (Å²) in [6.45, 7) is 4.82. The van der Waals surface area contributed by atoms with E-state index in [1.54, 1.807) is 13.8 Å². The molecule has 4 N–H and O–H groups in total. The number of aromatic nitrogens is 3. The van der Waals surface area contributed by atoms with Gasteiger partial charge in [0.15, 0.2) is 0 Å². The topological polar surface area (TPSA) is 132 Å². The first-order chi connectivity index (χ1) is 13.3. The van der Waals surface area contributed by atoms with Gasteiger partial charge in [0.05, 0.1) is 10.1 Å². The van der Waals surface area contributed by atoms with Gasteiger partial charge in [-0.2, -0.15) is 13.2 Å². The normalized spacial score (nSPS) is 13.5. The monoisotopic (exact) mass is 452 g/mol. The van der Waals surface area contributed by atoms with Crippen molar-refractivity contribution in [2.45, 2.75) is 48.3 Å². The average Bonchev–Trinajstić information content (AvgIpc) is 2.95. The lowest BCUT2D eigenvalue weighted by Crippen LogP contribution is -2.30. The van der Waals surface area contributed by atoms with E-state index in [9.17, 15) is 26.4 Å². The number of thioether (sulfide) groups is 1. The van der Waals surface area contributed by atoms with Crippen molar-refractivity contribution < 1.29 is 26.4 Å². The molecule has 0 aliphatic rings. The number of sulfonamides is 1. The Morgan fingerprint density at radius 2 is 1.76 bits per heavy atom. The van der Waals surface area contributed by atoms with Crippen molar-refractivity contribution in [1.29, 1.82) is 0 Å². The van der Waals surface area contributed by atoms with Gasteiger partial charge < -0.3 is 11.2 Å². The third kappa shape index (κ3) is 5.83. The van der Waals surface area contributed by atoms with E-state index in [0.29, 0.717) is 17.4 Å². The van der Waals surface area contributed by atoms with Crippen LogP contribution in [0.5, 0.6) is 0 Å². The summed E-state index contributed by atoms with van der Waals surface area (Å²) in [6, 6.07) is 5.17. The van der Waals surface area contributed by atoms with Crippen LogP contribution >= 0.6 is 11.8 Å². The molecule has 0 aliphatic heterocycles. The lowest BCUT2D eigenvalue weighted by molar-refractivity contribution is -0.146. The van der Waals surface area contributed by atoms with Gasteiger partial charge in [-0.05, 0) is 45.0 Å². The average molecular weight is 452 g/mol. The number of benzene rings is 1. The molecule has 1 unspecified atom stereocenters. The molecule has 160 valence electrons. The largest absolute Gasteiger partial charge is 0.453 e. The van der Waals surface area contributed by atoms with Crippen LogP contribution in [0.2, 0.25) is 0 Å². The van der Waals surface area contributed by atoms with E-state index in [-0.39, 0.29) is 20.8 Å². The second-order valence-corrected chi connectivity index (χ2v) is 9.25. The van der Waals surface area contributed by atoms with Gasteiger partial charge in [-0.3, -0.25) is 4.79 Å². The van der Waals surface area contributed by atoms with Crippen LogP contribution in [0.15, 0.2) is 34.3 Å². The molecule has 1 amide bonds. The van der Waals surface area contributed by atoms with Gasteiger partial charge in [-0.25, -0.2) is 17.8 Å². The van der Waals surface area contributed by atoms with Gasteiger partial charge in [0.25, 0.3) is 5.82 Å². The molecule has 0 bridgehead atoms. The second kappa shape index (κ2) is 8.59. The molecule has 0 saturated carbocycles. The SMILES string of the molecule is CC(C)NS(=O)(=O)c1ccc(NC(=O)C(C)Sc2nnc(C(F)(F)F)n2N)cc1. The quantitative estimate of drug-likeness (QED) is 0.431. The van der Waals surface area contributed by atoms with Crippen molar-refractivity contribution in [2.24, 2.45) is 0 Å². The molecular formula is C15H19F3N6O3S2. The molecule has 2 rings (SSSR count). The summed E-state index contributed by atoms with van der Waals surface area (Å²) in [5.74, 6) is 3.42. The van der Waals surface area contributed by atoms with Gasteiger partial charge in [-0.1, -0.05) is 11.8 Å². The smallest absolute Gasteiger partial charge is 0.335 e. The Morgan fingerprint density at radius 1 is 1.17 bits per heavy atom. The van der Waals surface area contributed by atoms with Crippen molar-refractivity contribution in [3.8, 4) is 0 Å². The molecule has 0 radical (unpaired) electrons. The molecule has 1 heterocycles. The minimum Gasteiger partial charge on any atom is -0.335 e. The zero-order valence-electron chi connectivity index (χ0n) is 15.6. The summed E-state index contributed by atoms with van der Waals surface area (Å²) >= 11 is 0.695. The van der Waals surface area contributed by atoms with Gasteiger partial charge in [0.2, 0.25) is 21.1 Å². The summed E-state index contributed by atoms with van der Waals surface area (Å²) in [5, 5.41) is 7.75. The number of nitrogens with one attached hydrogen (secondary N) is 2. The minimum absolute atomic E-state index is 0.0301. The van der Waals surface area contributed by atoms with Gasteiger partial charge in [0, 0.05) is 11.7 Å². The molecule has 1 aromatic carbocycles. The molecule has 9 nitrogen and oxygen atoms in total. The second-order valence-electron chi connectivity index (χ2n) is 6.22. The molecule has 14 heteroatoms. The predicted octanol–water partition coefficient (Wildman–Crippen LogP) is 1.82. The number of hydrogen-bond acceptors (Lipinski definition) is 7. The van der Waals surface area contributed by atoms with E-state index in [1.807, 2.05) is 0 Å². The zero-order valence-corrected chi connectivity index (χ0v) is 17.2. The first-order valence-corrected chi connectivity index (χ1v) is 10.5. The van der Waals surface area contributed by atoms with Crippen LogP contribution in [-0.2, 0) is 21.0 Å². The summed E-state index contributed by atoms with van der Waals surface area (Å²) in [4.78, 5) is 12.3. The molecule has 0 fully saturated rings. The van der Waals surface area contributed by atoms with Crippen molar-refractivity contribution in [3.05, 3.63) is 30.1 Å². The maximum atomic E-state index is 12.7. The number of rotatable bonds is 7. The number of amides is 1. The highest BCUT2D eigenvalue weighted by molar-refractivity contribution is 8.00. The number of alkyl halides is 3. The van der Waals surface area contributed by atoms with E-state index in [2.05, 4.69) is 20.2 Å². The first-order valence-electron chi connectivity index (χ1n) is 8.19. The van der Waals surface area contributed by atoms with Crippen LogP contribution < -0.4 is 15.9 Å². The Bertz CT molecular complexity index is 974. The van der Waals surface area contributed by atoms with E-state index in [1.165, 1.54) is 31.2 Å². The lowest BCUT2D eigenvalue weighted by atomic mass is 10.3. The standard InChI is InChI=1S/C15H19F3N6O3S2/c1-8(2)23-29(26,27)11-6-4-10(5-7-11)20-12(25)9(3)28-14-22-21-13(24(14)19)15(16,17)18/h4-9,23H,19H2,1-3H3,(H,20,25). The van der Waals surface area contributed by atoms with Crippen LogP contribution in [-0.4, -0.2) is 40.5 Å². The third-order valence-electron chi connectivity index (χ3n) is 3.39. The van der Waals surface area contributed by atoms with Crippen LogP contribution in [0, 0.1) is 0 Å². The fraction of sp³-hybridized carbons (Fsp3) is 0.400. The third-order valence-corrected chi connectivity index (χ3v) is 6.12. The van der Waals surface area contributed by atoms with Crippen LogP contribution in [0.1, 0.15) is 26.6 Å². The Labute approximate surface area is 169 Å². The summed E-state index contributed by atoms with van der Waals surface area (Å²) in [5.41, 5.74) is 0.316. The fourth-order valence-electron chi connectivity index (χ4n) is 2.10.